The highest BCUT2D eigenvalue weighted by Gasteiger charge is 2.13. The van der Waals surface area contributed by atoms with E-state index < -0.39 is 0 Å². The summed E-state index contributed by atoms with van der Waals surface area (Å²) in [5.41, 5.74) is 2.01. The van der Waals surface area contributed by atoms with E-state index in [4.69, 9.17) is 10.2 Å². The van der Waals surface area contributed by atoms with Crippen molar-refractivity contribution in [3.8, 4) is 11.3 Å². The molecule has 2 N–H and O–H groups in total. The molecule has 0 aliphatic carbocycles. The van der Waals surface area contributed by atoms with Crippen molar-refractivity contribution < 1.29 is 10.2 Å². The molecule has 0 amide bonds. The Hall–Kier alpha value is -1.79. The van der Waals surface area contributed by atoms with Gasteiger partial charge in [-0.1, -0.05) is 5.21 Å². The Balaban J connectivity index is 2.48. The van der Waals surface area contributed by atoms with Crippen molar-refractivity contribution in [1.82, 2.24) is 20.0 Å². The van der Waals surface area contributed by atoms with Crippen LogP contribution in [0.2, 0.25) is 0 Å². The molecule has 6 nitrogen and oxygen atoms in total. The smallest absolute Gasteiger partial charge is 0.116 e. The van der Waals surface area contributed by atoms with Crippen molar-refractivity contribution in [3.63, 3.8) is 0 Å². The van der Waals surface area contributed by atoms with E-state index in [1.54, 1.807) is 23.1 Å². The molecule has 0 atom stereocenters. The normalized spacial score (nSPS) is 10.6. The SMILES string of the molecule is OCCn1nnc(CO)c1-c1cccnc1. The van der Waals surface area contributed by atoms with Gasteiger partial charge in [0, 0.05) is 18.0 Å². The first kappa shape index (κ1) is 10.7. The van der Waals surface area contributed by atoms with Crippen molar-refractivity contribution in [2.75, 3.05) is 6.61 Å². The molecule has 16 heavy (non-hydrogen) atoms. The minimum atomic E-state index is -0.185. The van der Waals surface area contributed by atoms with Crippen LogP contribution in [-0.4, -0.2) is 36.8 Å². The van der Waals surface area contributed by atoms with Crippen LogP contribution in [0.25, 0.3) is 11.3 Å². The third kappa shape index (κ3) is 1.93. The second kappa shape index (κ2) is 4.82. The highest BCUT2D eigenvalue weighted by Crippen LogP contribution is 2.20. The van der Waals surface area contributed by atoms with Crippen molar-refractivity contribution in [1.29, 1.82) is 0 Å². The predicted molar refractivity (Wildman–Crippen MR) is 56.3 cm³/mol. The minimum absolute atomic E-state index is 0.0263. The van der Waals surface area contributed by atoms with Crippen molar-refractivity contribution >= 4 is 0 Å². The van der Waals surface area contributed by atoms with E-state index in [9.17, 15) is 0 Å². The molecule has 2 aromatic rings. The van der Waals surface area contributed by atoms with Gasteiger partial charge in [-0.05, 0) is 12.1 Å². The van der Waals surface area contributed by atoms with Crippen molar-refractivity contribution in [2.45, 2.75) is 13.2 Å². The second-order valence-corrected chi connectivity index (χ2v) is 3.23. The lowest BCUT2D eigenvalue weighted by Crippen LogP contribution is -2.06. The molecule has 0 radical (unpaired) electrons. The Morgan fingerprint density at radius 2 is 2.19 bits per heavy atom. The number of nitrogens with zero attached hydrogens (tertiary/aromatic N) is 4. The molecule has 0 bridgehead atoms. The van der Waals surface area contributed by atoms with Gasteiger partial charge in [-0.2, -0.15) is 0 Å². The summed E-state index contributed by atoms with van der Waals surface area (Å²) in [5.74, 6) is 0. The second-order valence-electron chi connectivity index (χ2n) is 3.23. The Labute approximate surface area is 92.2 Å². The maximum absolute atomic E-state index is 9.16. The van der Waals surface area contributed by atoms with Crippen LogP contribution in [0.3, 0.4) is 0 Å². The molecule has 6 heteroatoms. The maximum atomic E-state index is 9.16. The summed E-state index contributed by atoms with van der Waals surface area (Å²) in [4.78, 5) is 4.00. The van der Waals surface area contributed by atoms with Crippen LogP contribution in [0.15, 0.2) is 24.5 Å². The highest BCUT2D eigenvalue weighted by atomic mass is 16.3. The van der Waals surface area contributed by atoms with E-state index in [2.05, 4.69) is 15.3 Å². The topological polar surface area (TPSA) is 84.1 Å². The van der Waals surface area contributed by atoms with E-state index in [-0.39, 0.29) is 13.2 Å². The first-order chi connectivity index (χ1) is 7.86. The van der Waals surface area contributed by atoms with Crippen LogP contribution < -0.4 is 0 Å². The Morgan fingerprint density at radius 3 is 2.81 bits per heavy atom. The van der Waals surface area contributed by atoms with E-state index >= 15 is 0 Å². The van der Waals surface area contributed by atoms with Gasteiger partial charge in [0.1, 0.15) is 5.69 Å². The molecule has 0 fully saturated rings. The monoisotopic (exact) mass is 220 g/mol. The lowest BCUT2D eigenvalue weighted by molar-refractivity contribution is 0.268. The summed E-state index contributed by atoms with van der Waals surface area (Å²) in [6.07, 6.45) is 3.34. The fourth-order valence-corrected chi connectivity index (χ4v) is 1.53. The van der Waals surface area contributed by atoms with Crippen molar-refractivity contribution in [2.24, 2.45) is 0 Å². The van der Waals surface area contributed by atoms with Gasteiger partial charge in [-0.3, -0.25) is 4.98 Å². The summed E-state index contributed by atoms with van der Waals surface area (Å²) < 4.78 is 1.56. The molecule has 0 unspecified atom stereocenters. The summed E-state index contributed by atoms with van der Waals surface area (Å²) >= 11 is 0. The van der Waals surface area contributed by atoms with Gasteiger partial charge in [0.25, 0.3) is 0 Å². The Kier molecular flexibility index (Phi) is 3.23. The van der Waals surface area contributed by atoms with Crippen LogP contribution in [0.4, 0.5) is 0 Å². The van der Waals surface area contributed by atoms with Crippen LogP contribution in [-0.2, 0) is 13.2 Å². The number of hydrogen-bond acceptors (Lipinski definition) is 5. The molecule has 0 saturated carbocycles. The van der Waals surface area contributed by atoms with Gasteiger partial charge in [-0.15, -0.1) is 5.10 Å². The first-order valence-electron chi connectivity index (χ1n) is 4.91. The van der Waals surface area contributed by atoms with Gasteiger partial charge in [-0.25, -0.2) is 4.68 Å². The summed E-state index contributed by atoms with van der Waals surface area (Å²) in [5, 5.41) is 25.8. The predicted octanol–water partition coefficient (Wildman–Crippen LogP) is -0.175. The van der Waals surface area contributed by atoms with E-state index in [1.165, 1.54) is 0 Å². The summed E-state index contributed by atoms with van der Waals surface area (Å²) in [6, 6.07) is 3.66. The molecule has 0 saturated heterocycles. The lowest BCUT2D eigenvalue weighted by atomic mass is 10.1. The van der Waals surface area contributed by atoms with E-state index in [0.29, 0.717) is 17.9 Å². The highest BCUT2D eigenvalue weighted by molar-refractivity contribution is 5.60. The quantitative estimate of drug-likeness (QED) is 0.747. The zero-order valence-electron chi connectivity index (χ0n) is 8.61. The first-order valence-corrected chi connectivity index (χ1v) is 4.91. The van der Waals surface area contributed by atoms with Crippen LogP contribution >= 0.6 is 0 Å². The molecular weight excluding hydrogens is 208 g/mol. The number of aliphatic hydroxyl groups excluding tert-OH is 2. The number of rotatable bonds is 4. The molecule has 2 aromatic heterocycles. The van der Waals surface area contributed by atoms with Gasteiger partial charge in [0.15, 0.2) is 0 Å². The van der Waals surface area contributed by atoms with Crippen LogP contribution in [0, 0.1) is 0 Å². The van der Waals surface area contributed by atoms with E-state index in [1.807, 2.05) is 6.07 Å². The third-order valence-electron chi connectivity index (χ3n) is 2.20. The summed E-state index contributed by atoms with van der Waals surface area (Å²) in [6.45, 7) is 0.133. The zero-order valence-corrected chi connectivity index (χ0v) is 8.61. The fourth-order valence-electron chi connectivity index (χ4n) is 1.53. The minimum Gasteiger partial charge on any atom is -0.394 e. The van der Waals surface area contributed by atoms with Gasteiger partial charge in [0.05, 0.1) is 25.5 Å². The maximum Gasteiger partial charge on any atom is 0.116 e. The molecule has 0 spiro atoms. The average Bonchev–Trinajstić information content (AvgIpc) is 2.74. The largest absolute Gasteiger partial charge is 0.394 e. The van der Waals surface area contributed by atoms with Gasteiger partial charge in [0.2, 0.25) is 0 Å². The molecule has 0 aliphatic rings. The number of hydrogen-bond donors (Lipinski definition) is 2. The van der Waals surface area contributed by atoms with Crippen molar-refractivity contribution in [3.05, 3.63) is 30.2 Å². The van der Waals surface area contributed by atoms with Crippen LogP contribution in [0.5, 0.6) is 0 Å². The molecule has 0 aliphatic heterocycles. The molecule has 2 heterocycles. The summed E-state index contributed by atoms with van der Waals surface area (Å²) in [7, 11) is 0. The van der Waals surface area contributed by atoms with E-state index in [0.717, 1.165) is 5.56 Å². The Morgan fingerprint density at radius 1 is 1.31 bits per heavy atom. The number of aromatic nitrogens is 4. The van der Waals surface area contributed by atoms with Gasteiger partial charge >= 0.3 is 0 Å². The molecule has 84 valence electrons. The molecule has 0 aromatic carbocycles. The lowest BCUT2D eigenvalue weighted by Gasteiger charge is -2.05. The number of aliphatic hydroxyl groups is 2. The standard InChI is InChI=1S/C10H12N4O2/c15-5-4-14-10(9(7-16)12-13-14)8-2-1-3-11-6-8/h1-3,6,15-16H,4-5,7H2. The third-order valence-corrected chi connectivity index (χ3v) is 2.20. The van der Waals surface area contributed by atoms with Crippen LogP contribution in [0.1, 0.15) is 5.69 Å². The average molecular weight is 220 g/mol. The fraction of sp³-hybridized carbons (Fsp3) is 0.300. The number of pyridine rings is 1. The zero-order chi connectivity index (χ0) is 11.4. The Bertz CT molecular complexity index is 455. The van der Waals surface area contributed by atoms with Gasteiger partial charge < -0.3 is 10.2 Å². The molecule has 2 rings (SSSR count). The molecular formula is C10H12N4O2.